The van der Waals surface area contributed by atoms with E-state index in [2.05, 4.69) is 5.32 Å². The van der Waals surface area contributed by atoms with Gasteiger partial charge in [0.05, 0.1) is 17.2 Å². The topological polar surface area (TPSA) is 96.0 Å². The van der Waals surface area contributed by atoms with E-state index in [9.17, 15) is 18.0 Å². The van der Waals surface area contributed by atoms with Crippen LogP contribution in [-0.2, 0) is 26.2 Å². The van der Waals surface area contributed by atoms with Crippen LogP contribution in [0.1, 0.15) is 26.3 Å². The molecule has 0 aromatic heterocycles. The van der Waals surface area contributed by atoms with Crippen LogP contribution in [0.5, 0.6) is 5.75 Å². The molecule has 3 aromatic rings. The summed E-state index contributed by atoms with van der Waals surface area (Å²) in [7, 11) is -4.15. The van der Waals surface area contributed by atoms with Crippen molar-refractivity contribution in [1.29, 1.82) is 0 Å². The fraction of sp³-hybridized carbons (Fsp3) is 0.286. The van der Waals surface area contributed by atoms with Crippen LogP contribution >= 0.6 is 0 Å². The van der Waals surface area contributed by atoms with Crippen LogP contribution in [0.2, 0.25) is 0 Å². The normalized spacial score (nSPS) is 11.9. The van der Waals surface area contributed by atoms with Gasteiger partial charge in [-0.15, -0.1) is 0 Å². The molecule has 8 nitrogen and oxygen atoms in total. The molecular formula is C28H33N3O5S. The van der Waals surface area contributed by atoms with E-state index in [1.165, 1.54) is 17.0 Å². The predicted octanol–water partition coefficient (Wildman–Crippen LogP) is 3.83. The van der Waals surface area contributed by atoms with Crippen molar-refractivity contribution in [2.24, 2.45) is 0 Å². The van der Waals surface area contributed by atoms with Gasteiger partial charge in [-0.1, -0.05) is 60.7 Å². The molecule has 1 N–H and O–H groups in total. The second-order valence-electron chi connectivity index (χ2n) is 8.30. The van der Waals surface area contributed by atoms with Crippen LogP contribution in [0, 0.1) is 0 Å². The largest absolute Gasteiger partial charge is 0.492 e. The summed E-state index contributed by atoms with van der Waals surface area (Å²) in [4.78, 5) is 28.0. The minimum absolute atomic E-state index is 0.0421. The van der Waals surface area contributed by atoms with Crippen LogP contribution in [0.15, 0.2) is 89.8 Å². The van der Waals surface area contributed by atoms with Crippen LogP contribution in [0.25, 0.3) is 0 Å². The van der Waals surface area contributed by atoms with Crippen molar-refractivity contribution >= 4 is 27.5 Å². The zero-order chi connectivity index (χ0) is 26.8. The number of ether oxygens (including phenoxy) is 1. The molecule has 2 amide bonds. The molecule has 0 aliphatic rings. The first-order chi connectivity index (χ1) is 17.8. The highest BCUT2D eigenvalue weighted by molar-refractivity contribution is 7.92. The molecule has 0 aliphatic carbocycles. The van der Waals surface area contributed by atoms with Gasteiger partial charge in [0.2, 0.25) is 11.8 Å². The van der Waals surface area contributed by atoms with Crippen molar-refractivity contribution in [1.82, 2.24) is 10.2 Å². The van der Waals surface area contributed by atoms with E-state index < -0.39 is 28.5 Å². The Bertz CT molecular complexity index is 1280. The Morgan fingerprint density at radius 2 is 1.49 bits per heavy atom. The number of carbonyl (C=O) groups is 2. The van der Waals surface area contributed by atoms with Crippen molar-refractivity contribution < 1.29 is 22.7 Å². The molecule has 0 aliphatic heterocycles. The molecule has 1 atom stereocenters. The monoisotopic (exact) mass is 523 g/mol. The van der Waals surface area contributed by atoms with Crippen molar-refractivity contribution in [3.8, 4) is 5.75 Å². The van der Waals surface area contributed by atoms with E-state index >= 15 is 0 Å². The summed E-state index contributed by atoms with van der Waals surface area (Å²) in [5.74, 6) is -0.504. The lowest BCUT2D eigenvalue weighted by atomic mass is 10.1. The highest BCUT2D eigenvalue weighted by Gasteiger charge is 2.33. The van der Waals surface area contributed by atoms with Gasteiger partial charge in [-0.3, -0.25) is 13.9 Å². The molecule has 0 heterocycles. The minimum Gasteiger partial charge on any atom is -0.492 e. The molecule has 0 spiro atoms. The van der Waals surface area contributed by atoms with Gasteiger partial charge in [0, 0.05) is 13.1 Å². The maximum absolute atomic E-state index is 13.8. The quantitative estimate of drug-likeness (QED) is 0.389. The average molecular weight is 524 g/mol. The Morgan fingerprint density at radius 3 is 2.11 bits per heavy atom. The van der Waals surface area contributed by atoms with Crippen molar-refractivity contribution in [3.63, 3.8) is 0 Å². The number of nitrogens with zero attached hydrogens (tertiary/aromatic N) is 2. The molecule has 196 valence electrons. The van der Waals surface area contributed by atoms with Gasteiger partial charge in [0.25, 0.3) is 10.0 Å². The lowest BCUT2D eigenvalue weighted by molar-refractivity contribution is -0.139. The maximum Gasteiger partial charge on any atom is 0.264 e. The Balaban J connectivity index is 2.06. The fourth-order valence-electron chi connectivity index (χ4n) is 3.86. The molecular weight excluding hydrogens is 490 g/mol. The van der Waals surface area contributed by atoms with E-state index in [1.807, 2.05) is 30.3 Å². The average Bonchev–Trinajstić information content (AvgIpc) is 2.91. The number of benzene rings is 3. The summed E-state index contributed by atoms with van der Waals surface area (Å²) < 4.78 is 34.4. The number of nitrogens with one attached hydrogen (secondary N) is 1. The van der Waals surface area contributed by atoms with Crippen LogP contribution in [0.4, 0.5) is 5.69 Å². The standard InChI is InChI=1S/C28H33N3O5S/c1-4-29-28(33)22(3)30(20-23-14-8-6-9-15-23)27(32)21-31(25-18-12-13-19-26(25)36-5-2)37(34,35)24-16-10-7-11-17-24/h6-19,22H,4-5,20-21H2,1-3H3,(H,29,33)/t22-/m0/s1. The number of likely N-dealkylation sites (N-methyl/N-ethyl adjacent to an activating group) is 1. The Labute approximate surface area is 218 Å². The Kier molecular flexibility index (Phi) is 9.68. The number of rotatable bonds is 12. The van der Waals surface area contributed by atoms with Crippen molar-refractivity contribution in [2.45, 2.75) is 38.3 Å². The van der Waals surface area contributed by atoms with Gasteiger partial charge in [-0.25, -0.2) is 8.42 Å². The van der Waals surface area contributed by atoms with Gasteiger partial charge in [-0.2, -0.15) is 0 Å². The zero-order valence-corrected chi connectivity index (χ0v) is 22.1. The second kappa shape index (κ2) is 12.9. The summed E-state index contributed by atoms with van der Waals surface area (Å²) in [6.07, 6.45) is 0. The summed E-state index contributed by atoms with van der Waals surface area (Å²) in [5, 5.41) is 2.75. The van der Waals surface area contributed by atoms with Gasteiger partial charge in [-0.05, 0) is 50.6 Å². The Hall–Kier alpha value is -3.85. The molecule has 9 heteroatoms. The first-order valence-corrected chi connectivity index (χ1v) is 13.6. The minimum atomic E-state index is -4.15. The highest BCUT2D eigenvalue weighted by Crippen LogP contribution is 2.32. The molecule has 3 rings (SSSR count). The lowest BCUT2D eigenvalue weighted by Crippen LogP contribution is -2.51. The van der Waals surface area contributed by atoms with E-state index in [-0.39, 0.29) is 23.0 Å². The molecule has 0 bridgehead atoms. The molecule has 3 aromatic carbocycles. The number of para-hydroxylation sites is 2. The number of anilines is 1. The van der Waals surface area contributed by atoms with Crippen LogP contribution < -0.4 is 14.4 Å². The van der Waals surface area contributed by atoms with E-state index in [4.69, 9.17) is 4.74 Å². The number of amides is 2. The number of sulfonamides is 1. The predicted molar refractivity (Wildman–Crippen MR) is 144 cm³/mol. The van der Waals surface area contributed by atoms with E-state index in [0.29, 0.717) is 18.9 Å². The number of hydrogen-bond acceptors (Lipinski definition) is 5. The van der Waals surface area contributed by atoms with E-state index in [0.717, 1.165) is 9.87 Å². The number of carbonyl (C=O) groups excluding carboxylic acids is 2. The molecule has 0 fully saturated rings. The van der Waals surface area contributed by atoms with Gasteiger partial charge < -0.3 is 15.0 Å². The second-order valence-corrected chi connectivity index (χ2v) is 10.2. The van der Waals surface area contributed by atoms with E-state index in [1.54, 1.807) is 63.2 Å². The summed E-state index contributed by atoms with van der Waals surface area (Å²) in [5.41, 5.74) is 1.06. The number of hydrogen-bond donors (Lipinski definition) is 1. The van der Waals surface area contributed by atoms with Crippen molar-refractivity contribution in [3.05, 3.63) is 90.5 Å². The molecule has 0 saturated carbocycles. The third-order valence-corrected chi connectivity index (χ3v) is 7.53. The first-order valence-electron chi connectivity index (χ1n) is 12.2. The van der Waals surface area contributed by atoms with Crippen molar-refractivity contribution in [2.75, 3.05) is 24.0 Å². The smallest absolute Gasteiger partial charge is 0.264 e. The molecule has 37 heavy (non-hydrogen) atoms. The summed E-state index contributed by atoms with van der Waals surface area (Å²) in [6.45, 7) is 5.59. The third-order valence-electron chi connectivity index (χ3n) is 5.76. The highest BCUT2D eigenvalue weighted by atomic mass is 32.2. The van der Waals surface area contributed by atoms with Gasteiger partial charge >= 0.3 is 0 Å². The molecule has 0 unspecified atom stereocenters. The maximum atomic E-state index is 13.8. The lowest BCUT2D eigenvalue weighted by Gasteiger charge is -2.32. The fourth-order valence-corrected chi connectivity index (χ4v) is 5.30. The van der Waals surface area contributed by atoms with Crippen LogP contribution in [0.3, 0.4) is 0 Å². The molecule has 0 saturated heterocycles. The zero-order valence-electron chi connectivity index (χ0n) is 21.3. The molecule has 0 radical (unpaired) electrons. The third kappa shape index (κ3) is 6.89. The Morgan fingerprint density at radius 1 is 0.892 bits per heavy atom. The van der Waals surface area contributed by atoms with Gasteiger partial charge in [0.15, 0.2) is 0 Å². The summed E-state index contributed by atoms with van der Waals surface area (Å²) in [6, 6.07) is 23.1. The summed E-state index contributed by atoms with van der Waals surface area (Å²) >= 11 is 0. The van der Waals surface area contributed by atoms with Gasteiger partial charge in [0.1, 0.15) is 18.3 Å². The first kappa shape index (κ1) is 27.7. The SMILES string of the molecule is CCNC(=O)[C@H](C)N(Cc1ccccc1)C(=O)CN(c1ccccc1OCC)S(=O)(=O)c1ccccc1. The van der Waals surface area contributed by atoms with Crippen LogP contribution in [-0.4, -0.2) is 50.9 Å².